The molecule has 4 rings (SSSR count). The molecular formula is C19H27Cl2F2N3O3. The van der Waals surface area contributed by atoms with Crippen molar-refractivity contribution in [2.75, 3.05) is 32.8 Å². The van der Waals surface area contributed by atoms with Gasteiger partial charge in [-0.05, 0) is 31.6 Å². The first-order valence-corrected chi connectivity index (χ1v) is 11.2. The molecule has 0 aromatic carbocycles. The van der Waals surface area contributed by atoms with Crippen molar-refractivity contribution in [3.05, 3.63) is 0 Å². The van der Waals surface area contributed by atoms with Crippen LogP contribution < -0.4 is 5.32 Å². The lowest BCUT2D eigenvalue weighted by atomic mass is 9.85. The Bertz CT molecular complexity index is 642. The lowest BCUT2D eigenvalue weighted by Gasteiger charge is -2.50. The summed E-state index contributed by atoms with van der Waals surface area (Å²) in [4.78, 5) is 29.3. The Morgan fingerprint density at radius 2 is 1.86 bits per heavy atom. The van der Waals surface area contributed by atoms with Crippen molar-refractivity contribution >= 4 is 35.0 Å². The van der Waals surface area contributed by atoms with Crippen LogP contribution in [0.1, 0.15) is 25.7 Å². The van der Waals surface area contributed by atoms with Gasteiger partial charge in [-0.3, -0.25) is 14.9 Å². The van der Waals surface area contributed by atoms with Gasteiger partial charge >= 0.3 is 0 Å². The highest BCUT2D eigenvalue weighted by atomic mass is 35.5. The third kappa shape index (κ3) is 4.36. The van der Waals surface area contributed by atoms with Gasteiger partial charge in [0.15, 0.2) is 0 Å². The lowest BCUT2D eigenvalue weighted by molar-refractivity contribution is -0.173. The van der Waals surface area contributed by atoms with E-state index in [2.05, 4.69) is 5.32 Å². The number of hydrogen-bond donors (Lipinski definition) is 1. The maximum Gasteiger partial charge on any atom is 0.247 e. The largest absolute Gasteiger partial charge is 0.380 e. The van der Waals surface area contributed by atoms with Crippen LogP contribution in [-0.2, 0) is 14.3 Å². The molecule has 1 saturated carbocycles. The molecule has 1 N–H and O–H groups in total. The van der Waals surface area contributed by atoms with Gasteiger partial charge in [-0.2, -0.15) is 0 Å². The molecule has 4 fully saturated rings. The van der Waals surface area contributed by atoms with Crippen LogP contribution in [-0.4, -0.2) is 89.8 Å². The van der Waals surface area contributed by atoms with E-state index in [9.17, 15) is 18.4 Å². The molecule has 7 atom stereocenters. The molecule has 3 saturated heterocycles. The van der Waals surface area contributed by atoms with Gasteiger partial charge in [-0.25, -0.2) is 8.78 Å². The lowest BCUT2D eigenvalue weighted by Crippen LogP contribution is -2.70. The molecule has 0 bridgehead atoms. The van der Waals surface area contributed by atoms with Crippen molar-refractivity contribution < 1.29 is 23.1 Å². The van der Waals surface area contributed by atoms with Gasteiger partial charge in [0.2, 0.25) is 11.8 Å². The van der Waals surface area contributed by atoms with Gasteiger partial charge in [0, 0.05) is 24.4 Å². The Morgan fingerprint density at radius 3 is 2.48 bits per heavy atom. The topological polar surface area (TPSA) is 61.9 Å². The van der Waals surface area contributed by atoms with E-state index in [0.717, 1.165) is 0 Å². The summed E-state index contributed by atoms with van der Waals surface area (Å²) in [6, 6.07) is -0.676. The van der Waals surface area contributed by atoms with Crippen molar-refractivity contribution in [2.24, 2.45) is 11.8 Å². The number of rotatable bonds is 4. The van der Waals surface area contributed by atoms with Crippen molar-refractivity contribution in [1.82, 2.24) is 15.1 Å². The zero-order valence-electron chi connectivity index (χ0n) is 16.1. The third-order valence-electron chi connectivity index (χ3n) is 6.57. The first-order valence-electron chi connectivity index (χ1n) is 10.3. The molecule has 0 aromatic rings. The van der Waals surface area contributed by atoms with E-state index in [-0.39, 0.29) is 42.0 Å². The van der Waals surface area contributed by atoms with E-state index >= 15 is 0 Å². The van der Waals surface area contributed by atoms with E-state index in [4.69, 9.17) is 27.9 Å². The van der Waals surface area contributed by atoms with Gasteiger partial charge in [0.05, 0.1) is 18.6 Å². The molecule has 29 heavy (non-hydrogen) atoms. The Hall–Kier alpha value is -0.700. The molecule has 0 spiro atoms. The average Bonchev–Trinajstić information content (AvgIpc) is 2.62. The fourth-order valence-electron chi connectivity index (χ4n) is 4.86. The highest BCUT2D eigenvalue weighted by Crippen LogP contribution is 2.34. The molecule has 10 heteroatoms. The van der Waals surface area contributed by atoms with Crippen LogP contribution in [0.25, 0.3) is 0 Å². The SMILES string of the molecule is O=C1[C@H](C2COC2)N(CC2CCC(F)C(Cl)C2)C(=O)CN1C1NCC(Cl)CC1F. The predicted octanol–water partition coefficient (Wildman–Crippen LogP) is 1.68. The van der Waals surface area contributed by atoms with Crippen molar-refractivity contribution in [3.8, 4) is 0 Å². The molecule has 164 valence electrons. The standard InChI is InChI=1S/C19H27Cl2F2N3O3/c20-12-4-15(23)18(24-5-12)26-7-16(27)25(17(19(26)28)11-8-29-9-11)6-10-1-2-14(22)13(21)3-10/h10-15,17-18,24H,1-9H2/t10?,12?,13?,14?,15?,17-,18?/m0/s1. The fraction of sp³-hybridized carbons (Fsp3) is 0.895. The summed E-state index contributed by atoms with van der Waals surface area (Å²) < 4.78 is 33.6. The monoisotopic (exact) mass is 453 g/mol. The molecule has 0 aromatic heterocycles. The van der Waals surface area contributed by atoms with Crippen LogP contribution >= 0.6 is 23.2 Å². The van der Waals surface area contributed by atoms with Crippen LogP contribution in [0.3, 0.4) is 0 Å². The minimum Gasteiger partial charge on any atom is -0.380 e. The summed E-state index contributed by atoms with van der Waals surface area (Å²) in [5.74, 6) is -0.527. The second-order valence-corrected chi connectivity index (χ2v) is 9.85. The van der Waals surface area contributed by atoms with Crippen LogP contribution in [0.2, 0.25) is 0 Å². The number of nitrogens with zero attached hydrogens (tertiary/aromatic N) is 2. The highest BCUT2D eigenvalue weighted by Gasteiger charge is 2.50. The molecule has 6 nitrogen and oxygen atoms in total. The first kappa shape index (κ1) is 21.5. The molecule has 0 radical (unpaired) electrons. The summed E-state index contributed by atoms with van der Waals surface area (Å²) in [6.45, 7) is 1.37. The summed E-state index contributed by atoms with van der Waals surface area (Å²) >= 11 is 12.1. The van der Waals surface area contributed by atoms with Gasteiger partial charge < -0.3 is 14.5 Å². The normalized spacial score (nSPS) is 42.1. The number of carbonyl (C=O) groups is 2. The summed E-state index contributed by atoms with van der Waals surface area (Å²) in [5, 5.41) is 2.08. The third-order valence-corrected chi connectivity index (χ3v) is 7.36. The van der Waals surface area contributed by atoms with Crippen molar-refractivity contribution in [1.29, 1.82) is 0 Å². The first-order chi connectivity index (χ1) is 13.8. The molecule has 1 aliphatic carbocycles. The van der Waals surface area contributed by atoms with E-state index in [1.165, 1.54) is 4.90 Å². The number of piperidine rings is 1. The fourth-order valence-corrected chi connectivity index (χ4v) is 5.50. The number of alkyl halides is 4. The number of nitrogens with one attached hydrogen (secondary N) is 1. The second kappa shape index (κ2) is 8.81. The van der Waals surface area contributed by atoms with E-state index < -0.39 is 29.9 Å². The van der Waals surface area contributed by atoms with Crippen LogP contribution in [0.15, 0.2) is 0 Å². The number of halogens is 4. The van der Waals surface area contributed by atoms with Gasteiger partial charge in [-0.15, -0.1) is 23.2 Å². The van der Waals surface area contributed by atoms with E-state index in [0.29, 0.717) is 45.6 Å². The molecule has 3 heterocycles. The van der Waals surface area contributed by atoms with Gasteiger partial charge in [0.25, 0.3) is 0 Å². The molecule has 6 unspecified atom stereocenters. The number of carbonyl (C=O) groups excluding carboxylic acids is 2. The van der Waals surface area contributed by atoms with Gasteiger partial charge in [0.1, 0.15) is 31.1 Å². The maximum absolute atomic E-state index is 14.6. The molecular weight excluding hydrogens is 427 g/mol. The minimum absolute atomic E-state index is 0.0510. The molecule has 3 aliphatic heterocycles. The number of ether oxygens (including phenoxy) is 1. The van der Waals surface area contributed by atoms with Gasteiger partial charge in [-0.1, -0.05) is 0 Å². The summed E-state index contributed by atoms with van der Waals surface area (Å²) in [5.41, 5.74) is 0. The number of piperazine rings is 1. The second-order valence-electron chi connectivity index (χ2n) is 8.67. The zero-order chi connectivity index (χ0) is 20.7. The molecule has 2 amide bonds. The Morgan fingerprint density at radius 1 is 1.10 bits per heavy atom. The van der Waals surface area contributed by atoms with Crippen LogP contribution in [0, 0.1) is 11.8 Å². The average molecular weight is 454 g/mol. The zero-order valence-corrected chi connectivity index (χ0v) is 17.6. The van der Waals surface area contributed by atoms with Crippen LogP contribution in [0.4, 0.5) is 8.78 Å². The Labute approximate surface area is 179 Å². The van der Waals surface area contributed by atoms with Crippen molar-refractivity contribution in [3.63, 3.8) is 0 Å². The molecule has 4 aliphatic rings. The smallest absolute Gasteiger partial charge is 0.247 e. The quantitative estimate of drug-likeness (QED) is 0.657. The van der Waals surface area contributed by atoms with E-state index in [1.54, 1.807) is 4.90 Å². The minimum atomic E-state index is -1.33. The summed E-state index contributed by atoms with van der Waals surface area (Å²) in [6.07, 6.45) is -1.58. The van der Waals surface area contributed by atoms with Crippen molar-refractivity contribution in [2.45, 2.75) is 61.0 Å². The highest BCUT2D eigenvalue weighted by molar-refractivity contribution is 6.21. The predicted molar refractivity (Wildman–Crippen MR) is 104 cm³/mol. The Kier molecular flexibility index (Phi) is 6.54. The maximum atomic E-state index is 14.6. The number of amides is 2. The summed E-state index contributed by atoms with van der Waals surface area (Å²) in [7, 11) is 0. The Balaban J connectivity index is 1.50. The van der Waals surface area contributed by atoms with Crippen LogP contribution in [0.5, 0.6) is 0 Å². The van der Waals surface area contributed by atoms with E-state index in [1.807, 2.05) is 0 Å². The number of hydrogen-bond acceptors (Lipinski definition) is 4.